The minimum atomic E-state index is -5.10. The highest BCUT2D eigenvalue weighted by Crippen LogP contribution is 2.42. The number of methoxy groups -OCH3 is 1. The Kier molecular flexibility index (Phi) is 6.12. The topological polar surface area (TPSA) is 80.7 Å². The van der Waals surface area contributed by atoms with Gasteiger partial charge in [0.25, 0.3) is 0 Å². The molecule has 31 heavy (non-hydrogen) atoms. The molecule has 0 saturated heterocycles. The van der Waals surface area contributed by atoms with Gasteiger partial charge in [-0.15, -0.1) is 0 Å². The summed E-state index contributed by atoms with van der Waals surface area (Å²) in [6.07, 6.45) is -6.73. The van der Waals surface area contributed by atoms with Crippen LogP contribution in [0.2, 0.25) is 0 Å². The Morgan fingerprint density at radius 3 is 2.29 bits per heavy atom. The van der Waals surface area contributed by atoms with E-state index in [0.29, 0.717) is 18.2 Å². The van der Waals surface area contributed by atoms with E-state index in [1.807, 2.05) is 0 Å². The predicted octanol–water partition coefficient (Wildman–Crippen LogP) is 4.30. The SMILES string of the molecule is CO[C@@H]1C[C@H](S(=O)(=O)c2ccc(-c3ccc(F)cc3F)cc2C(F)(F)F)C[C@H]1C(=O)O. The van der Waals surface area contributed by atoms with Crippen molar-refractivity contribution in [3.63, 3.8) is 0 Å². The van der Waals surface area contributed by atoms with Crippen LogP contribution >= 0.6 is 0 Å². The molecule has 0 radical (unpaired) electrons. The van der Waals surface area contributed by atoms with Crippen LogP contribution in [0.25, 0.3) is 11.1 Å². The fourth-order valence-electron chi connectivity index (χ4n) is 3.80. The molecule has 3 rings (SSSR count). The zero-order valence-electron chi connectivity index (χ0n) is 16.0. The summed E-state index contributed by atoms with van der Waals surface area (Å²) in [6.45, 7) is 0. The van der Waals surface area contributed by atoms with Crippen LogP contribution in [0, 0.1) is 17.6 Å². The van der Waals surface area contributed by atoms with Crippen LogP contribution < -0.4 is 0 Å². The zero-order valence-corrected chi connectivity index (χ0v) is 16.8. The first-order chi connectivity index (χ1) is 14.4. The number of rotatable bonds is 5. The monoisotopic (exact) mass is 464 g/mol. The van der Waals surface area contributed by atoms with E-state index in [2.05, 4.69) is 0 Å². The van der Waals surface area contributed by atoms with Gasteiger partial charge in [0.2, 0.25) is 0 Å². The predicted molar refractivity (Wildman–Crippen MR) is 98.9 cm³/mol. The molecule has 0 unspecified atom stereocenters. The highest BCUT2D eigenvalue weighted by Gasteiger charge is 2.47. The van der Waals surface area contributed by atoms with Crippen molar-refractivity contribution in [1.29, 1.82) is 0 Å². The average Bonchev–Trinajstić information content (AvgIpc) is 3.12. The summed E-state index contributed by atoms with van der Waals surface area (Å²) < 4.78 is 99.4. The van der Waals surface area contributed by atoms with Crippen molar-refractivity contribution in [2.24, 2.45) is 5.92 Å². The minimum Gasteiger partial charge on any atom is -0.481 e. The molecule has 1 fully saturated rings. The van der Waals surface area contributed by atoms with Crippen molar-refractivity contribution in [3.05, 3.63) is 53.6 Å². The fourth-order valence-corrected chi connectivity index (χ4v) is 5.80. The van der Waals surface area contributed by atoms with Crippen LogP contribution in [0.5, 0.6) is 0 Å². The number of ether oxygens (including phenoxy) is 1. The fraction of sp³-hybridized carbons (Fsp3) is 0.350. The highest BCUT2D eigenvalue weighted by molar-refractivity contribution is 7.92. The van der Waals surface area contributed by atoms with E-state index < -0.39 is 67.8 Å². The first kappa shape index (κ1) is 23.1. The van der Waals surface area contributed by atoms with Gasteiger partial charge in [0, 0.05) is 18.7 Å². The van der Waals surface area contributed by atoms with Gasteiger partial charge in [-0.1, -0.05) is 6.07 Å². The Morgan fingerprint density at radius 1 is 1.10 bits per heavy atom. The molecule has 168 valence electrons. The van der Waals surface area contributed by atoms with Gasteiger partial charge in [0.15, 0.2) is 9.84 Å². The largest absolute Gasteiger partial charge is 0.481 e. The number of alkyl halides is 3. The molecule has 1 N–H and O–H groups in total. The van der Waals surface area contributed by atoms with Crippen LogP contribution in [0.15, 0.2) is 41.3 Å². The van der Waals surface area contributed by atoms with Crippen LogP contribution in [-0.2, 0) is 25.5 Å². The maximum absolute atomic E-state index is 14.0. The normalized spacial score (nSPS) is 21.9. The van der Waals surface area contributed by atoms with E-state index in [1.54, 1.807) is 0 Å². The molecular formula is C20H17F5O5S. The van der Waals surface area contributed by atoms with E-state index in [4.69, 9.17) is 4.74 Å². The second-order valence-electron chi connectivity index (χ2n) is 7.19. The standard InChI is InChI=1S/C20H17F5O5S/c1-30-17-9-12(8-14(17)19(26)27)31(28,29)18-5-2-10(6-15(18)20(23,24)25)13-4-3-11(21)7-16(13)22/h2-7,12,14,17H,8-9H2,1H3,(H,26,27)/t12-,14-,17-/m1/s1. The molecule has 0 aliphatic heterocycles. The Labute approximate surface area is 174 Å². The second-order valence-corrected chi connectivity index (χ2v) is 9.39. The third-order valence-electron chi connectivity index (χ3n) is 5.35. The van der Waals surface area contributed by atoms with Gasteiger partial charge in [-0.25, -0.2) is 17.2 Å². The van der Waals surface area contributed by atoms with Crippen LogP contribution in [0.4, 0.5) is 22.0 Å². The van der Waals surface area contributed by atoms with Crippen molar-refractivity contribution in [2.45, 2.75) is 35.3 Å². The molecule has 2 aromatic rings. The third-order valence-corrected chi connectivity index (χ3v) is 7.58. The smallest absolute Gasteiger partial charge is 0.417 e. The number of hydrogen-bond donors (Lipinski definition) is 1. The number of carboxylic acids is 1. The molecule has 0 bridgehead atoms. The molecule has 5 nitrogen and oxygen atoms in total. The summed E-state index contributed by atoms with van der Waals surface area (Å²) in [7, 11) is -3.40. The van der Waals surface area contributed by atoms with E-state index in [-0.39, 0.29) is 17.5 Å². The van der Waals surface area contributed by atoms with Gasteiger partial charge < -0.3 is 9.84 Å². The van der Waals surface area contributed by atoms with Gasteiger partial charge in [-0.3, -0.25) is 4.79 Å². The second kappa shape index (κ2) is 8.19. The number of aliphatic carboxylic acids is 1. The molecule has 11 heteroatoms. The maximum Gasteiger partial charge on any atom is 0.417 e. The van der Waals surface area contributed by atoms with Crippen molar-refractivity contribution in [3.8, 4) is 11.1 Å². The Bertz CT molecular complexity index is 1110. The van der Waals surface area contributed by atoms with Crippen LogP contribution in [0.3, 0.4) is 0 Å². The molecule has 0 spiro atoms. The van der Waals surface area contributed by atoms with Crippen molar-refractivity contribution >= 4 is 15.8 Å². The molecule has 0 heterocycles. The Morgan fingerprint density at radius 2 is 1.77 bits per heavy atom. The summed E-state index contributed by atoms with van der Waals surface area (Å²) in [5.74, 6) is -4.50. The summed E-state index contributed by atoms with van der Waals surface area (Å²) in [5.41, 5.74) is -2.13. The lowest BCUT2D eigenvalue weighted by Crippen LogP contribution is -2.24. The van der Waals surface area contributed by atoms with Crippen molar-refractivity contribution in [1.82, 2.24) is 0 Å². The van der Waals surface area contributed by atoms with Crippen molar-refractivity contribution < 1.29 is 45.0 Å². The van der Waals surface area contributed by atoms with Crippen LogP contribution in [0.1, 0.15) is 18.4 Å². The van der Waals surface area contributed by atoms with Crippen LogP contribution in [-0.4, -0.2) is 38.0 Å². The van der Waals surface area contributed by atoms with E-state index in [9.17, 15) is 40.3 Å². The molecule has 1 aliphatic carbocycles. The lowest BCUT2D eigenvalue weighted by molar-refractivity contribution is -0.145. The molecule has 1 aliphatic rings. The summed E-state index contributed by atoms with van der Waals surface area (Å²) >= 11 is 0. The van der Waals surface area contributed by atoms with Gasteiger partial charge in [0.1, 0.15) is 11.6 Å². The van der Waals surface area contributed by atoms with Gasteiger partial charge in [0.05, 0.1) is 27.7 Å². The first-order valence-corrected chi connectivity index (χ1v) is 10.6. The summed E-state index contributed by atoms with van der Waals surface area (Å²) in [4.78, 5) is 10.3. The Hall–Kier alpha value is -2.53. The molecule has 1 saturated carbocycles. The van der Waals surface area contributed by atoms with Gasteiger partial charge in [-0.2, -0.15) is 13.2 Å². The summed E-state index contributed by atoms with van der Waals surface area (Å²) in [6, 6.07) is 4.52. The van der Waals surface area contributed by atoms with Gasteiger partial charge in [-0.05, 0) is 42.7 Å². The van der Waals surface area contributed by atoms with Crippen molar-refractivity contribution in [2.75, 3.05) is 7.11 Å². The number of carboxylic acid groups (broad SMARTS) is 1. The Balaban J connectivity index is 2.09. The number of benzene rings is 2. The number of hydrogen-bond acceptors (Lipinski definition) is 4. The number of sulfone groups is 1. The average molecular weight is 464 g/mol. The van der Waals surface area contributed by atoms with E-state index in [1.165, 1.54) is 7.11 Å². The third kappa shape index (κ3) is 4.42. The number of carbonyl (C=O) groups is 1. The maximum atomic E-state index is 14.0. The minimum absolute atomic E-state index is 0.276. The highest BCUT2D eigenvalue weighted by atomic mass is 32.2. The lowest BCUT2D eigenvalue weighted by Gasteiger charge is -2.18. The number of halogens is 5. The molecule has 2 aromatic carbocycles. The first-order valence-electron chi connectivity index (χ1n) is 9.02. The van der Waals surface area contributed by atoms with E-state index in [0.717, 1.165) is 18.2 Å². The molecular weight excluding hydrogens is 447 g/mol. The lowest BCUT2D eigenvalue weighted by atomic mass is 10.0. The molecule has 3 atom stereocenters. The molecule has 0 aromatic heterocycles. The summed E-state index contributed by atoms with van der Waals surface area (Å²) in [5, 5.41) is 7.85. The zero-order chi connectivity index (χ0) is 23.1. The quantitative estimate of drug-likeness (QED) is 0.668. The molecule has 0 amide bonds. The van der Waals surface area contributed by atoms with Gasteiger partial charge >= 0.3 is 12.1 Å². The van der Waals surface area contributed by atoms with E-state index >= 15 is 0 Å².